The van der Waals surface area contributed by atoms with E-state index in [9.17, 15) is 13.2 Å². The summed E-state index contributed by atoms with van der Waals surface area (Å²) < 4.78 is 40.1. The van der Waals surface area contributed by atoms with Crippen molar-refractivity contribution in [3.8, 4) is 0 Å². The molecule has 0 aliphatic carbocycles. The van der Waals surface area contributed by atoms with Crippen molar-refractivity contribution >= 4 is 33.9 Å². The number of rotatable bonds is 4. The Bertz CT molecular complexity index is 291. The van der Waals surface area contributed by atoms with E-state index in [1.54, 1.807) is 0 Å². The largest absolute Gasteiger partial charge is 0.411 e. The van der Waals surface area contributed by atoms with Crippen LogP contribution in [-0.4, -0.2) is 29.6 Å². The average Bonchev–Trinajstić information content (AvgIpc) is 2.44. The SMILES string of the molecule is FC(F)(F)COCCc1nnc(I)s1. The molecule has 0 aliphatic rings. The quantitative estimate of drug-likeness (QED) is 0.624. The Morgan fingerprint density at radius 3 is 2.57 bits per heavy atom. The lowest BCUT2D eigenvalue weighted by Crippen LogP contribution is -2.17. The molecule has 0 fully saturated rings. The Balaban J connectivity index is 2.16. The van der Waals surface area contributed by atoms with Crippen LogP contribution in [0.25, 0.3) is 0 Å². The number of halogens is 4. The molecule has 0 atom stereocenters. The van der Waals surface area contributed by atoms with Crippen LogP contribution < -0.4 is 0 Å². The molecule has 0 unspecified atom stereocenters. The van der Waals surface area contributed by atoms with Gasteiger partial charge in [0, 0.05) is 6.42 Å². The van der Waals surface area contributed by atoms with E-state index in [1.807, 2.05) is 22.6 Å². The van der Waals surface area contributed by atoms with Crippen LogP contribution in [0.1, 0.15) is 5.01 Å². The smallest absolute Gasteiger partial charge is 0.372 e. The lowest BCUT2D eigenvalue weighted by molar-refractivity contribution is -0.173. The molecule has 3 nitrogen and oxygen atoms in total. The third kappa shape index (κ3) is 5.05. The van der Waals surface area contributed by atoms with E-state index in [0.717, 1.165) is 3.01 Å². The Kier molecular flexibility index (Phi) is 4.51. The van der Waals surface area contributed by atoms with E-state index in [-0.39, 0.29) is 6.61 Å². The lowest BCUT2D eigenvalue weighted by Gasteiger charge is -2.05. The third-order valence-electron chi connectivity index (χ3n) is 1.17. The molecule has 1 rings (SSSR count). The summed E-state index contributed by atoms with van der Waals surface area (Å²) in [6.45, 7) is -1.19. The van der Waals surface area contributed by atoms with Gasteiger partial charge in [-0.2, -0.15) is 13.2 Å². The summed E-state index contributed by atoms with van der Waals surface area (Å²) in [6.07, 6.45) is -3.88. The molecular formula is C6H6F3IN2OS. The summed E-state index contributed by atoms with van der Waals surface area (Å²) >= 11 is 3.35. The number of nitrogens with zero attached hydrogens (tertiary/aromatic N) is 2. The van der Waals surface area contributed by atoms with Gasteiger partial charge in [-0.15, -0.1) is 10.2 Å². The molecule has 0 spiro atoms. The Labute approximate surface area is 95.8 Å². The van der Waals surface area contributed by atoms with Gasteiger partial charge in [-0.1, -0.05) is 11.3 Å². The Morgan fingerprint density at radius 1 is 1.36 bits per heavy atom. The monoisotopic (exact) mass is 338 g/mol. The molecule has 14 heavy (non-hydrogen) atoms. The second kappa shape index (κ2) is 5.21. The van der Waals surface area contributed by atoms with Crippen LogP contribution in [0.4, 0.5) is 13.2 Å². The molecule has 80 valence electrons. The summed E-state index contributed by atoms with van der Waals surface area (Å²) in [5, 5.41) is 8.16. The van der Waals surface area contributed by atoms with Gasteiger partial charge in [0.05, 0.1) is 6.61 Å². The second-order valence-corrected chi connectivity index (χ2v) is 5.18. The lowest BCUT2D eigenvalue weighted by atomic mass is 10.5. The molecule has 0 saturated heterocycles. The summed E-state index contributed by atoms with van der Waals surface area (Å²) in [4.78, 5) is 0. The molecule has 0 bridgehead atoms. The summed E-state index contributed by atoms with van der Waals surface area (Å²) in [7, 11) is 0. The highest BCUT2D eigenvalue weighted by atomic mass is 127. The third-order valence-corrected chi connectivity index (χ3v) is 2.82. The second-order valence-electron chi connectivity index (χ2n) is 2.37. The van der Waals surface area contributed by atoms with Crippen molar-refractivity contribution in [2.45, 2.75) is 12.6 Å². The van der Waals surface area contributed by atoms with Crippen LogP contribution in [0.5, 0.6) is 0 Å². The predicted molar refractivity (Wildman–Crippen MR) is 53.2 cm³/mol. The van der Waals surface area contributed by atoms with Crippen LogP contribution in [-0.2, 0) is 11.2 Å². The zero-order valence-electron chi connectivity index (χ0n) is 6.84. The van der Waals surface area contributed by atoms with Crippen molar-refractivity contribution in [1.29, 1.82) is 0 Å². The summed E-state index contributed by atoms with van der Waals surface area (Å²) in [6, 6.07) is 0. The number of hydrogen-bond acceptors (Lipinski definition) is 4. The zero-order chi connectivity index (χ0) is 10.6. The molecule has 0 amide bonds. The van der Waals surface area contributed by atoms with Crippen molar-refractivity contribution in [1.82, 2.24) is 10.2 Å². The van der Waals surface area contributed by atoms with Gasteiger partial charge in [0.1, 0.15) is 11.6 Å². The summed E-state index contributed by atoms with van der Waals surface area (Å²) in [5.74, 6) is 0. The predicted octanol–water partition coefficient (Wildman–Crippen LogP) is 2.26. The zero-order valence-corrected chi connectivity index (χ0v) is 9.82. The first-order valence-corrected chi connectivity index (χ1v) is 5.49. The van der Waals surface area contributed by atoms with Gasteiger partial charge in [-0.25, -0.2) is 0 Å². The Morgan fingerprint density at radius 2 is 2.07 bits per heavy atom. The van der Waals surface area contributed by atoms with E-state index in [1.165, 1.54) is 11.3 Å². The maximum atomic E-state index is 11.6. The van der Waals surface area contributed by atoms with Gasteiger partial charge >= 0.3 is 6.18 Å². The van der Waals surface area contributed by atoms with E-state index in [0.29, 0.717) is 11.4 Å². The summed E-state index contributed by atoms with van der Waals surface area (Å²) in [5.41, 5.74) is 0. The molecule has 0 aliphatic heterocycles. The van der Waals surface area contributed by atoms with Crippen LogP contribution in [0, 0.1) is 3.01 Å². The van der Waals surface area contributed by atoms with Crippen molar-refractivity contribution in [2.75, 3.05) is 13.2 Å². The Hall–Kier alpha value is 0.0400. The molecule has 0 N–H and O–H groups in total. The first kappa shape index (κ1) is 12.1. The van der Waals surface area contributed by atoms with Gasteiger partial charge < -0.3 is 4.74 Å². The standard InChI is InChI=1S/C6H6F3IN2OS/c7-6(8,9)3-13-2-1-4-11-12-5(10)14-4/h1-3H2. The number of alkyl halides is 3. The maximum absolute atomic E-state index is 11.6. The maximum Gasteiger partial charge on any atom is 0.411 e. The fourth-order valence-corrected chi connectivity index (χ4v) is 2.10. The molecule has 1 aromatic rings. The minimum atomic E-state index is -4.25. The van der Waals surface area contributed by atoms with Crippen LogP contribution in [0.15, 0.2) is 0 Å². The molecule has 1 heterocycles. The fourth-order valence-electron chi connectivity index (χ4n) is 0.682. The van der Waals surface area contributed by atoms with E-state index in [2.05, 4.69) is 14.9 Å². The molecular weight excluding hydrogens is 332 g/mol. The number of hydrogen-bond donors (Lipinski definition) is 0. The first-order valence-electron chi connectivity index (χ1n) is 3.60. The van der Waals surface area contributed by atoms with E-state index < -0.39 is 12.8 Å². The molecule has 1 aromatic heterocycles. The van der Waals surface area contributed by atoms with Gasteiger partial charge in [-0.3, -0.25) is 0 Å². The van der Waals surface area contributed by atoms with E-state index >= 15 is 0 Å². The van der Waals surface area contributed by atoms with Gasteiger partial charge in [0.25, 0.3) is 0 Å². The first-order chi connectivity index (χ1) is 6.47. The highest BCUT2D eigenvalue weighted by molar-refractivity contribution is 14.1. The molecule has 0 radical (unpaired) electrons. The van der Waals surface area contributed by atoms with Crippen molar-refractivity contribution < 1.29 is 17.9 Å². The number of ether oxygens (including phenoxy) is 1. The van der Waals surface area contributed by atoms with Crippen LogP contribution in [0.3, 0.4) is 0 Å². The minimum Gasteiger partial charge on any atom is -0.372 e. The topological polar surface area (TPSA) is 35.0 Å². The van der Waals surface area contributed by atoms with Crippen LogP contribution in [0.2, 0.25) is 0 Å². The van der Waals surface area contributed by atoms with E-state index in [4.69, 9.17) is 0 Å². The van der Waals surface area contributed by atoms with Crippen LogP contribution >= 0.6 is 33.9 Å². The van der Waals surface area contributed by atoms with Gasteiger partial charge in [0.15, 0.2) is 3.01 Å². The highest BCUT2D eigenvalue weighted by Crippen LogP contribution is 2.15. The average molecular weight is 338 g/mol. The van der Waals surface area contributed by atoms with Gasteiger partial charge in [-0.05, 0) is 22.6 Å². The highest BCUT2D eigenvalue weighted by Gasteiger charge is 2.27. The fraction of sp³-hybridized carbons (Fsp3) is 0.667. The molecule has 0 saturated carbocycles. The molecule has 8 heteroatoms. The number of aromatic nitrogens is 2. The van der Waals surface area contributed by atoms with Crippen molar-refractivity contribution in [3.63, 3.8) is 0 Å². The van der Waals surface area contributed by atoms with Crippen molar-refractivity contribution in [3.05, 3.63) is 8.02 Å². The van der Waals surface area contributed by atoms with Crippen molar-refractivity contribution in [2.24, 2.45) is 0 Å². The minimum absolute atomic E-state index is 0.0186. The van der Waals surface area contributed by atoms with Gasteiger partial charge in [0.2, 0.25) is 0 Å². The normalized spacial score (nSPS) is 12.0. The molecule has 0 aromatic carbocycles.